The summed E-state index contributed by atoms with van der Waals surface area (Å²) in [6, 6.07) is 16.0. The number of imide groups is 1. The third-order valence-corrected chi connectivity index (χ3v) is 3.80. The molecule has 118 valence electrons. The lowest BCUT2D eigenvalue weighted by Gasteiger charge is -2.15. The highest BCUT2D eigenvalue weighted by Crippen LogP contribution is 2.22. The van der Waals surface area contributed by atoms with Gasteiger partial charge in [-0.05, 0) is 17.7 Å². The highest BCUT2D eigenvalue weighted by molar-refractivity contribution is 6.21. The van der Waals surface area contributed by atoms with Crippen molar-refractivity contribution >= 4 is 11.8 Å². The van der Waals surface area contributed by atoms with Crippen LogP contribution >= 0.6 is 0 Å². The van der Waals surface area contributed by atoms with E-state index < -0.39 is 6.10 Å². The fourth-order valence-corrected chi connectivity index (χ4v) is 2.56. The van der Waals surface area contributed by atoms with E-state index in [1.807, 2.05) is 30.3 Å². The molecule has 1 atom stereocenters. The van der Waals surface area contributed by atoms with E-state index >= 15 is 0 Å². The largest absolute Gasteiger partial charge is 0.386 e. The number of carbonyl (C=O) groups is 2. The minimum Gasteiger partial charge on any atom is -0.386 e. The Morgan fingerprint density at radius 2 is 1.48 bits per heavy atom. The van der Waals surface area contributed by atoms with Crippen LogP contribution < -0.4 is 0 Å². The Morgan fingerprint density at radius 3 is 2.09 bits per heavy atom. The molecule has 2 aromatic carbocycles. The van der Waals surface area contributed by atoms with Crippen molar-refractivity contribution in [3.8, 4) is 0 Å². The first-order chi connectivity index (χ1) is 11.2. The molecule has 5 nitrogen and oxygen atoms in total. The maximum atomic E-state index is 12.2. The zero-order valence-electron chi connectivity index (χ0n) is 12.5. The number of ether oxygens (including phenoxy) is 1. The molecule has 23 heavy (non-hydrogen) atoms. The number of hydrogen-bond acceptors (Lipinski definition) is 4. The van der Waals surface area contributed by atoms with E-state index in [0.29, 0.717) is 11.1 Å². The van der Waals surface area contributed by atoms with Crippen LogP contribution in [0.15, 0.2) is 54.6 Å². The van der Waals surface area contributed by atoms with Crippen LogP contribution in [0.2, 0.25) is 0 Å². The van der Waals surface area contributed by atoms with E-state index in [0.717, 1.165) is 5.56 Å². The van der Waals surface area contributed by atoms with Gasteiger partial charge in [0.15, 0.2) is 0 Å². The van der Waals surface area contributed by atoms with Gasteiger partial charge in [-0.15, -0.1) is 0 Å². The second-order valence-corrected chi connectivity index (χ2v) is 5.31. The Kier molecular flexibility index (Phi) is 4.50. The predicted octanol–water partition coefficient (Wildman–Crippen LogP) is 2.03. The summed E-state index contributed by atoms with van der Waals surface area (Å²) in [7, 11) is 0. The smallest absolute Gasteiger partial charge is 0.261 e. The molecule has 1 aliphatic heterocycles. The topological polar surface area (TPSA) is 66.8 Å². The van der Waals surface area contributed by atoms with Gasteiger partial charge >= 0.3 is 0 Å². The normalized spacial score (nSPS) is 14.9. The molecule has 1 unspecified atom stereocenters. The van der Waals surface area contributed by atoms with Gasteiger partial charge in [-0.2, -0.15) is 0 Å². The van der Waals surface area contributed by atoms with Crippen LogP contribution in [0.4, 0.5) is 0 Å². The summed E-state index contributed by atoms with van der Waals surface area (Å²) < 4.78 is 5.41. The molecule has 5 heteroatoms. The van der Waals surface area contributed by atoms with E-state index in [-0.39, 0.29) is 31.6 Å². The predicted molar refractivity (Wildman–Crippen MR) is 84.0 cm³/mol. The summed E-state index contributed by atoms with van der Waals surface area (Å²) in [5.41, 5.74) is 1.64. The van der Waals surface area contributed by atoms with Crippen LogP contribution in [-0.2, 0) is 4.74 Å². The van der Waals surface area contributed by atoms with Crippen LogP contribution in [0.5, 0.6) is 0 Å². The van der Waals surface area contributed by atoms with Crippen molar-refractivity contribution in [2.75, 3.05) is 19.8 Å². The molecule has 0 radical (unpaired) electrons. The number of carbonyl (C=O) groups excluding carboxylic acids is 2. The van der Waals surface area contributed by atoms with E-state index in [1.165, 1.54) is 4.90 Å². The maximum absolute atomic E-state index is 12.2. The van der Waals surface area contributed by atoms with Crippen molar-refractivity contribution in [3.05, 3.63) is 71.3 Å². The number of aliphatic hydroxyl groups is 1. The van der Waals surface area contributed by atoms with Gasteiger partial charge in [-0.3, -0.25) is 14.5 Å². The van der Waals surface area contributed by atoms with Crippen molar-refractivity contribution < 1.29 is 19.4 Å². The quantitative estimate of drug-likeness (QED) is 0.655. The first kappa shape index (κ1) is 15.4. The molecule has 0 fully saturated rings. The minimum absolute atomic E-state index is 0.118. The summed E-state index contributed by atoms with van der Waals surface area (Å²) in [5, 5.41) is 9.99. The van der Waals surface area contributed by atoms with Gasteiger partial charge in [-0.25, -0.2) is 0 Å². The zero-order chi connectivity index (χ0) is 16.2. The van der Waals surface area contributed by atoms with Crippen molar-refractivity contribution in [1.82, 2.24) is 4.90 Å². The Morgan fingerprint density at radius 1 is 0.913 bits per heavy atom. The number of hydrogen-bond donors (Lipinski definition) is 1. The van der Waals surface area contributed by atoms with Crippen molar-refractivity contribution in [2.24, 2.45) is 0 Å². The van der Waals surface area contributed by atoms with E-state index in [1.54, 1.807) is 24.3 Å². The van der Waals surface area contributed by atoms with Crippen molar-refractivity contribution in [3.63, 3.8) is 0 Å². The molecule has 2 aromatic rings. The molecule has 1 aliphatic rings. The average Bonchev–Trinajstić information content (AvgIpc) is 2.84. The first-order valence-electron chi connectivity index (χ1n) is 7.44. The van der Waals surface area contributed by atoms with Gasteiger partial charge in [0, 0.05) is 0 Å². The Bertz CT molecular complexity index is 679. The molecular formula is C18H17NO4. The van der Waals surface area contributed by atoms with Crippen LogP contribution in [0.25, 0.3) is 0 Å². The van der Waals surface area contributed by atoms with Crippen molar-refractivity contribution in [2.45, 2.75) is 6.10 Å². The molecular weight excluding hydrogens is 294 g/mol. The Hall–Kier alpha value is -2.50. The van der Waals surface area contributed by atoms with Gasteiger partial charge < -0.3 is 9.84 Å². The summed E-state index contributed by atoms with van der Waals surface area (Å²) in [5.74, 6) is -0.587. The van der Waals surface area contributed by atoms with E-state index in [4.69, 9.17) is 4.74 Å². The number of benzene rings is 2. The second-order valence-electron chi connectivity index (χ2n) is 5.31. The van der Waals surface area contributed by atoms with Crippen LogP contribution in [0.1, 0.15) is 32.4 Å². The fraction of sp³-hybridized carbons (Fsp3) is 0.222. The van der Waals surface area contributed by atoms with Gasteiger partial charge in [0.25, 0.3) is 11.8 Å². The summed E-state index contributed by atoms with van der Waals surface area (Å²) in [6.45, 7) is 0.483. The summed E-state index contributed by atoms with van der Waals surface area (Å²) in [4.78, 5) is 25.5. The third-order valence-electron chi connectivity index (χ3n) is 3.80. The number of nitrogens with zero attached hydrogens (tertiary/aromatic N) is 1. The molecule has 1 N–H and O–H groups in total. The Balaban J connectivity index is 1.50. The van der Waals surface area contributed by atoms with E-state index in [2.05, 4.69) is 0 Å². The summed E-state index contributed by atoms with van der Waals surface area (Å²) in [6.07, 6.45) is -0.724. The third kappa shape index (κ3) is 3.16. The lowest BCUT2D eigenvalue weighted by atomic mass is 10.1. The van der Waals surface area contributed by atoms with Gasteiger partial charge in [0.1, 0.15) is 6.10 Å². The van der Waals surface area contributed by atoms with Crippen molar-refractivity contribution in [1.29, 1.82) is 0 Å². The molecule has 3 rings (SSSR count). The molecule has 0 saturated carbocycles. The average molecular weight is 311 g/mol. The van der Waals surface area contributed by atoms with E-state index in [9.17, 15) is 14.7 Å². The molecule has 0 aliphatic carbocycles. The molecule has 0 aromatic heterocycles. The first-order valence-corrected chi connectivity index (χ1v) is 7.44. The number of rotatable bonds is 6. The van der Waals surface area contributed by atoms with Crippen LogP contribution in [0.3, 0.4) is 0 Å². The molecule has 1 heterocycles. The maximum Gasteiger partial charge on any atom is 0.261 e. The minimum atomic E-state index is -0.724. The lowest BCUT2D eigenvalue weighted by Crippen LogP contribution is -2.33. The zero-order valence-corrected chi connectivity index (χ0v) is 12.5. The van der Waals surface area contributed by atoms with Gasteiger partial charge in [0.05, 0.1) is 30.9 Å². The highest BCUT2D eigenvalue weighted by Gasteiger charge is 2.34. The van der Waals surface area contributed by atoms with Crippen LogP contribution in [-0.4, -0.2) is 41.6 Å². The standard InChI is InChI=1S/C18H17NO4/c20-16(13-6-2-1-3-7-13)12-23-11-10-19-17(21)14-8-4-5-9-15(14)18(19)22/h1-9,16,20H,10-12H2. The van der Waals surface area contributed by atoms with Gasteiger partial charge in [0.2, 0.25) is 0 Å². The van der Waals surface area contributed by atoms with Gasteiger partial charge in [-0.1, -0.05) is 42.5 Å². The molecule has 0 spiro atoms. The second kappa shape index (κ2) is 6.73. The lowest BCUT2D eigenvalue weighted by molar-refractivity contribution is 0.0258. The highest BCUT2D eigenvalue weighted by atomic mass is 16.5. The fourth-order valence-electron chi connectivity index (χ4n) is 2.56. The monoisotopic (exact) mass is 311 g/mol. The summed E-state index contributed by atoms with van der Waals surface area (Å²) >= 11 is 0. The SMILES string of the molecule is O=C1c2ccccc2C(=O)N1CCOCC(O)c1ccccc1. The molecule has 0 saturated heterocycles. The number of amides is 2. The van der Waals surface area contributed by atoms with Crippen LogP contribution in [0, 0.1) is 0 Å². The molecule has 2 amide bonds. The number of aliphatic hydroxyl groups excluding tert-OH is 1. The Labute approximate surface area is 134 Å². The number of fused-ring (bicyclic) bond motifs is 1. The molecule has 0 bridgehead atoms.